The summed E-state index contributed by atoms with van der Waals surface area (Å²) in [5.74, 6) is 8.33. The summed E-state index contributed by atoms with van der Waals surface area (Å²) in [6.07, 6.45) is 42.4. The third kappa shape index (κ3) is 5.88. The third-order valence-corrected chi connectivity index (χ3v) is 19.9. The molecule has 5 heteroatoms. The number of fused-ring (bicyclic) bond motifs is 13. The van der Waals surface area contributed by atoms with Crippen LogP contribution >= 0.6 is 0 Å². The standard InChI is InChI=1S/C48H75NO4/c1-4-13-40-33(8-1)35-22-20-30(26-44(35)51-40)49(31-21-23-36-34-9-2-5-14-41(34)52-45(36)27-31)29-18-16-28(17-19-29)32-11-7-12-37-38-24-25-43-46(48(38)53-47(32)37)39-10-3-6-15-42(39)50-43/h28-48H,1-27H2. The maximum atomic E-state index is 7.51. The van der Waals surface area contributed by atoms with Crippen LogP contribution in [0.1, 0.15) is 173 Å². The van der Waals surface area contributed by atoms with Crippen LogP contribution < -0.4 is 0 Å². The predicted molar refractivity (Wildman–Crippen MR) is 207 cm³/mol. The first-order valence-corrected chi connectivity index (χ1v) is 24.6. The van der Waals surface area contributed by atoms with Crippen LogP contribution in [0, 0.1) is 59.2 Å². The van der Waals surface area contributed by atoms with E-state index in [1.165, 1.54) is 173 Å². The fraction of sp³-hybridized carbons (Fsp3) is 1.00. The highest BCUT2D eigenvalue weighted by atomic mass is 16.5. The van der Waals surface area contributed by atoms with Gasteiger partial charge in [-0.2, -0.15) is 0 Å². The molecule has 0 aromatic heterocycles. The largest absolute Gasteiger partial charge is 0.374 e. The third-order valence-electron chi connectivity index (χ3n) is 19.9. The Morgan fingerprint density at radius 1 is 0.283 bits per heavy atom. The van der Waals surface area contributed by atoms with Crippen molar-refractivity contribution in [2.75, 3.05) is 0 Å². The first kappa shape index (κ1) is 34.8. The summed E-state index contributed by atoms with van der Waals surface area (Å²) in [5, 5.41) is 0. The van der Waals surface area contributed by atoms with Gasteiger partial charge in [-0.25, -0.2) is 0 Å². The number of rotatable bonds is 4. The normalized spacial score (nSPS) is 57.3. The molecule has 0 aromatic rings. The van der Waals surface area contributed by atoms with E-state index in [2.05, 4.69) is 4.90 Å². The lowest BCUT2D eigenvalue weighted by atomic mass is 9.62. The van der Waals surface area contributed by atoms with Gasteiger partial charge < -0.3 is 18.9 Å². The molecule has 296 valence electrons. The zero-order chi connectivity index (χ0) is 34.6. The van der Waals surface area contributed by atoms with Crippen molar-refractivity contribution in [3.05, 3.63) is 0 Å². The summed E-state index contributed by atoms with van der Waals surface area (Å²) in [6, 6.07) is 2.23. The molecule has 12 rings (SSSR count). The second kappa shape index (κ2) is 14.3. The highest BCUT2D eigenvalue weighted by molar-refractivity contribution is 5.09. The fourth-order valence-corrected chi connectivity index (χ4v) is 17.9. The van der Waals surface area contributed by atoms with E-state index in [4.69, 9.17) is 18.9 Å². The number of ether oxygens (including phenoxy) is 4. The molecule has 4 saturated heterocycles. The minimum atomic E-state index is 0.506. The van der Waals surface area contributed by atoms with Crippen LogP contribution in [-0.2, 0) is 18.9 Å². The Kier molecular flexibility index (Phi) is 9.37. The molecule has 5 nitrogen and oxygen atoms in total. The Hall–Kier alpha value is -0.200. The zero-order valence-electron chi connectivity index (χ0n) is 33.3. The minimum Gasteiger partial charge on any atom is -0.374 e. The van der Waals surface area contributed by atoms with Gasteiger partial charge in [-0.3, -0.25) is 4.90 Å². The van der Waals surface area contributed by atoms with E-state index >= 15 is 0 Å². The van der Waals surface area contributed by atoms with Gasteiger partial charge >= 0.3 is 0 Å². The number of nitrogens with zero attached hydrogens (tertiary/aromatic N) is 1. The molecule has 12 fully saturated rings. The summed E-state index contributed by atoms with van der Waals surface area (Å²) in [6.45, 7) is 0. The second-order valence-corrected chi connectivity index (χ2v) is 21.9. The average molecular weight is 730 g/mol. The molecular weight excluding hydrogens is 655 g/mol. The molecule has 19 atom stereocenters. The maximum Gasteiger partial charge on any atom is 0.0667 e. The van der Waals surface area contributed by atoms with E-state index in [1.54, 1.807) is 0 Å². The molecule has 8 aliphatic carbocycles. The molecule has 0 amide bonds. The molecule has 53 heavy (non-hydrogen) atoms. The van der Waals surface area contributed by atoms with E-state index < -0.39 is 0 Å². The summed E-state index contributed by atoms with van der Waals surface area (Å²) < 4.78 is 28.3. The van der Waals surface area contributed by atoms with Crippen molar-refractivity contribution in [1.29, 1.82) is 0 Å². The van der Waals surface area contributed by atoms with Gasteiger partial charge in [0.1, 0.15) is 0 Å². The van der Waals surface area contributed by atoms with Crippen LogP contribution in [-0.4, -0.2) is 71.9 Å². The highest BCUT2D eigenvalue weighted by Crippen LogP contribution is 2.59. The van der Waals surface area contributed by atoms with Gasteiger partial charge in [0, 0.05) is 24.0 Å². The minimum absolute atomic E-state index is 0.506. The SMILES string of the molecule is C1CCC2C(C1)OC1CC(N(C3CCC(C4CCCC5C6CCC7OC8CCCCC8C7C6OC45)CC3)C3CCC4C(C3)OC3CCCCC34)CCC12. The van der Waals surface area contributed by atoms with Crippen LogP contribution in [0.3, 0.4) is 0 Å². The van der Waals surface area contributed by atoms with Crippen molar-refractivity contribution in [1.82, 2.24) is 4.90 Å². The van der Waals surface area contributed by atoms with Crippen molar-refractivity contribution < 1.29 is 18.9 Å². The molecule has 0 N–H and O–H groups in total. The van der Waals surface area contributed by atoms with Crippen LogP contribution in [0.15, 0.2) is 0 Å². The maximum absolute atomic E-state index is 7.51. The average Bonchev–Trinajstić information content (AvgIpc) is 3.97. The van der Waals surface area contributed by atoms with Gasteiger partial charge in [0.2, 0.25) is 0 Å². The van der Waals surface area contributed by atoms with Crippen LogP contribution in [0.25, 0.3) is 0 Å². The van der Waals surface area contributed by atoms with E-state index in [9.17, 15) is 0 Å². The van der Waals surface area contributed by atoms with Crippen molar-refractivity contribution in [2.45, 2.75) is 240 Å². The highest BCUT2D eigenvalue weighted by Gasteiger charge is 2.61. The lowest BCUT2D eigenvalue weighted by Crippen LogP contribution is -2.56. The number of hydrogen-bond acceptors (Lipinski definition) is 5. The number of hydrogen-bond donors (Lipinski definition) is 0. The first-order valence-electron chi connectivity index (χ1n) is 24.6. The molecule has 19 unspecified atom stereocenters. The van der Waals surface area contributed by atoms with Crippen LogP contribution in [0.2, 0.25) is 0 Å². The van der Waals surface area contributed by atoms with Gasteiger partial charge in [0.25, 0.3) is 0 Å². The van der Waals surface area contributed by atoms with E-state index in [0.29, 0.717) is 54.7 Å². The quantitative estimate of drug-likeness (QED) is 0.288. The molecular formula is C48H75NO4. The van der Waals surface area contributed by atoms with Gasteiger partial charge in [-0.15, -0.1) is 0 Å². The molecule has 12 aliphatic rings. The molecule has 0 spiro atoms. The molecule has 4 aliphatic heterocycles. The monoisotopic (exact) mass is 730 g/mol. The van der Waals surface area contributed by atoms with E-state index in [-0.39, 0.29) is 0 Å². The fourth-order valence-electron chi connectivity index (χ4n) is 17.9. The Labute approximate surface area is 322 Å². The lowest BCUT2D eigenvalue weighted by molar-refractivity contribution is -0.0906. The Balaban J connectivity index is 0.753. The molecule has 0 bridgehead atoms. The van der Waals surface area contributed by atoms with Gasteiger partial charge in [0.05, 0.1) is 48.8 Å². The topological polar surface area (TPSA) is 40.2 Å². The molecule has 4 heterocycles. The summed E-state index contributed by atoms with van der Waals surface area (Å²) >= 11 is 0. The summed E-state index contributed by atoms with van der Waals surface area (Å²) in [5.41, 5.74) is 0. The van der Waals surface area contributed by atoms with Gasteiger partial charge in [0.15, 0.2) is 0 Å². The molecule has 8 saturated carbocycles. The van der Waals surface area contributed by atoms with Gasteiger partial charge in [-0.05, 0) is 182 Å². The smallest absolute Gasteiger partial charge is 0.0667 e. The predicted octanol–water partition coefficient (Wildman–Crippen LogP) is 10.3. The first-order chi connectivity index (χ1) is 26.2. The van der Waals surface area contributed by atoms with Crippen molar-refractivity contribution in [2.24, 2.45) is 59.2 Å². The lowest BCUT2D eigenvalue weighted by Gasteiger charge is -2.51. The van der Waals surface area contributed by atoms with Crippen molar-refractivity contribution in [3.63, 3.8) is 0 Å². The van der Waals surface area contributed by atoms with Crippen LogP contribution in [0.4, 0.5) is 0 Å². The van der Waals surface area contributed by atoms with E-state index in [1.807, 2.05) is 0 Å². The van der Waals surface area contributed by atoms with Crippen LogP contribution in [0.5, 0.6) is 0 Å². The summed E-state index contributed by atoms with van der Waals surface area (Å²) in [4.78, 5) is 3.24. The molecule has 0 radical (unpaired) electrons. The Morgan fingerprint density at radius 3 is 1.42 bits per heavy atom. The van der Waals surface area contributed by atoms with Crippen molar-refractivity contribution >= 4 is 0 Å². The Bertz CT molecular complexity index is 1250. The summed E-state index contributed by atoms with van der Waals surface area (Å²) in [7, 11) is 0. The van der Waals surface area contributed by atoms with Crippen molar-refractivity contribution in [3.8, 4) is 0 Å². The second-order valence-electron chi connectivity index (χ2n) is 21.9. The van der Waals surface area contributed by atoms with E-state index in [0.717, 1.165) is 71.4 Å². The molecule has 0 aromatic carbocycles. The van der Waals surface area contributed by atoms with Gasteiger partial charge in [-0.1, -0.05) is 44.9 Å². The Morgan fingerprint density at radius 2 is 0.755 bits per heavy atom. The zero-order valence-corrected chi connectivity index (χ0v) is 33.3.